The second-order valence-electron chi connectivity index (χ2n) is 2.48. The van der Waals surface area contributed by atoms with E-state index in [0.29, 0.717) is 0 Å². The first kappa shape index (κ1) is 9.70. The van der Waals surface area contributed by atoms with Crippen molar-refractivity contribution in [1.29, 1.82) is 5.26 Å². The van der Waals surface area contributed by atoms with Crippen LogP contribution in [0.5, 0.6) is 0 Å². The van der Waals surface area contributed by atoms with Gasteiger partial charge in [-0.05, 0) is 6.92 Å². The highest BCUT2D eigenvalue weighted by Crippen LogP contribution is 2.36. The molecule has 3 nitrogen and oxygen atoms in total. The lowest BCUT2D eigenvalue weighted by atomic mass is 10.4. The molecule has 0 radical (unpaired) electrons. The first-order valence-corrected chi connectivity index (χ1v) is 4.83. The van der Waals surface area contributed by atoms with Crippen molar-refractivity contribution in [3.8, 4) is 6.07 Å². The molecule has 0 bridgehead atoms. The highest BCUT2D eigenvalue weighted by molar-refractivity contribution is 8.03. The zero-order valence-corrected chi connectivity index (χ0v) is 8.19. The van der Waals surface area contributed by atoms with Crippen LogP contribution in [0.2, 0.25) is 0 Å². The molecule has 1 fully saturated rings. The number of nitrogens with zero attached hydrogens (tertiary/aromatic N) is 3. The molecule has 0 aromatic heterocycles. The van der Waals surface area contributed by atoms with E-state index in [1.165, 1.54) is 11.8 Å². The second kappa shape index (κ2) is 4.02. The van der Waals surface area contributed by atoms with E-state index >= 15 is 0 Å². The van der Waals surface area contributed by atoms with Crippen LogP contribution in [0.4, 0.5) is 0 Å². The molecule has 0 atom stereocenters. The van der Waals surface area contributed by atoms with Crippen LogP contribution in [0.1, 0.15) is 6.92 Å². The lowest BCUT2D eigenvalue weighted by molar-refractivity contribution is 0.496. The normalized spacial score (nSPS) is 19.6. The molecule has 1 saturated heterocycles. The van der Waals surface area contributed by atoms with E-state index in [1.807, 2.05) is 17.9 Å². The fourth-order valence-electron chi connectivity index (χ4n) is 1.14. The van der Waals surface area contributed by atoms with Gasteiger partial charge in [0, 0.05) is 18.0 Å². The van der Waals surface area contributed by atoms with Crippen molar-refractivity contribution in [2.75, 3.05) is 12.3 Å². The summed E-state index contributed by atoms with van der Waals surface area (Å²) in [4.78, 5) is 5.10. The van der Waals surface area contributed by atoms with Crippen LogP contribution in [-0.4, -0.2) is 17.2 Å². The van der Waals surface area contributed by atoms with Crippen LogP contribution in [0.3, 0.4) is 0 Å². The molecule has 0 aromatic carbocycles. The molecule has 0 saturated carbocycles. The predicted octanol–water partition coefficient (Wildman–Crippen LogP) is 2.18. The molecular formula is C9H9N3S. The average Bonchev–Trinajstić information content (AvgIpc) is 2.50. The lowest BCUT2D eigenvalue weighted by Crippen LogP contribution is -2.15. The highest BCUT2D eigenvalue weighted by atomic mass is 32.2. The van der Waals surface area contributed by atoms with Gasteiger partial charge < -0.3 is 4.90 Å². The summed E-state index contributed by atoms with van der Waals surface area (Å²) < 4.78 is 0. The summed E-state index contributed by atoms with van der Waals surface area (Å²) in [6.07, 6.45) is 0. The van der Waals surface area contributed by atoms with Gasteiger partial charge in [-0.25, -0.2) is 10.1 Å². The fourth-order valence-corrected chi connectivity index (χ4v) is 2.24. The van der Waals surface area contributed by atoms with Gasteiger partial charge in [-0.1, -0.05) is 6.58 Å². The fraction of sp³-hybridized carbons (Fsp3) is 0.333. The number of rotatable bonds is 1. The summed E-state index contributed by atoms with van der Waals surface area (Å²) in [5, 5.41) is 9.45. The van der Waals surface area contributed by atoms with E-state index in [4.69, 9.17) is 11.8 Å². The van der Waals surface area contributed by atoms with Crippen LogP contribution >= 0.6 is 11.8 Å². The quantitative estimate of drug-likeness (QED) is 0.470. The topological polar surface area (TPSA) is 31.4 Å². The monoisotopic (exact) mass is 191 g/mol. The van der Waals surface area contributed by atoms with Crippen molar-refractivity contribution in [2.45, 2.75) is 6.92 Å². The number of allylic oxidation sites excluding steroid dienone is 1. The van der Waals surface area contributed by atoms with Crippen LogP contribution < -0.4 is 0 Å². The summed E-state index contributed by atoms with van der Waals surface area (Å²) in [5.74, 6) is 0.782. The van der Waals surface area contributed by atoms with E-state index in [2.05, 4.69) is 11.4 Å². The Kier molecular flexibility index (Phi) is 3.00. The largest absolute Gasteiger partial charge is 0.348 e. The minimum absolute atomic E-state index is 0.172. The van der Waals surface area contributed by atoms with Crippen molar-refractivity contribution < 1.29 is 0 Å². The molecule has 0 aliphatic carbocycles. The molecular weight excluding hydrogens is 182 g/mol. The summed E-state index contributed by atoms with van der Waals surface area (Å²) in [6, 6.07) is 1.90. The second-order valence-corrected chi connectivity index (χ2v) is 3.44. The molecule has 0 aromatic rings. The SMILES string of the molecule is [C-]#[N+]/C(C#N)=C1/SCC(=C)N1CC. The standard InChI is InChI=1S/C9H9N3S/c1-4-12-7(2)6-13-9(12)8(5-10)11-3/h2,4,6H2,1H3/b9-8+. The smallest absolute Gasteiger partial charge is 0.291 e. The summed E-state index contributed by atoms with van der Waals surface area (Å²) in [5.41, 5.74) is 1.14. The lowest BCUT2D eigenvalue weighted by Gasteiger charge is -2.17. The van der Waals surface area contributed by atoms with Crippen molar-refractivity contribution >= 4 is 11.8 Å². The van der Waals surface area contributed by atoms with Gasteiger partial charge in [-0.3, -0.25) is 0 Å². The van der Waals surface area contributed by atoms with Gasteiger partial charge in [0.1, 0.15) is 0 Å². The maximum absolute atomic E-state index is 8.69. The van der Waals surface area contributed by atoms with Crippen molar-refractivity contribution in [1.82, 2.24) is 4.90 Å². The Hall–Kier alpha value is -1.39. The zero-order chi connectivity index (χ0) is 9.84. The molecule has 1 heterocycles. The Bertz CT molecular complexity index is 327. The maximum atomic E-state index is 8.69. The first-order chi connectivity index (χ1) is 6.24. The molecule has 1 aliphatic rings. The molecule has 0 unspecified atom stereocenters. The number of hydrogen-bond donors (Lipinski definition) is 0. The molecule has 4 heteroatoms. The third-order valence-corrected chi connectivity index (χ3v) is 2.90. The van der Waals surface area contributed by atoms with E-state index in [0.717, 1.165) is 23.0 Å². The van der Waals surface area contributed by atoms with Gasteiger partial charge in [0.2, 0.25) is 0 Å². The number of hydrogen-bond acceptors (Lipinski definition) is 3. The zero-order valence-electron chi connectivity index (χ0n) is 7.37. The Morgan fingerprint density at radius 3 is 3.08 bits per heavy atom. The highest BCUT2D eigenvalue weighted by Gasteiger charge is 2.23. The van der Waals surface area contributed by atoms with Gasteiger partial charge in [-0.2, -0.15) is 0 Å². The molecule has 0 N–H and O–H groups in total. The summed E-state index contributed by atoms with van der Waals surface area (Å²) >= 11 is 1.51. The van der Waals surface area contributed by atoms with E-state index in [9.17, 15) is 0 Å². The average molecular weight is 191 g/mol. The predicted molar refractivity (Wildman–Crippen MR) is 53.2 cm³/mol. The third kappa shape index (κ3) is 1.68. The molecule has 13 heavy (non-hydrogen) atoms. The molecule has 1 aliphatic heterocycles. The van der Waals surface area contributed by atoms with Crippen molar-refractivity contribution in [3.05, 3.63) is 34.4 Å². The summed E-state index contributed by atoms with van der Waals surface area (Å²) in [7, 11) is 0. The Balaban J connectivity index is 3.08. The molecule has 0 spiro atoms. The summed E-state index contributed by atoms with van der Waals surface area (Å²) in [6.45, 7) is 13.4. The van der Waals surface area contributed by atoms with Gasteiger partial charge in [-0.15, -0.1) is 11.8 Å². The Morgan fingerprint density at radius 1 is 1.92 bits per heavy atom. The number of nitriles is 1. The van der Waals surface area contributed by atoms with Crippen molar-refractivity contribution in [2.24, 2.45) is 0 Å². The van der Waals surface area contributed by atoms with Gasteiger partial charge in [0.05, 0.1) is 17.7 Å². The molecule has 0 amide bonds. The third-order valence-electron chi connectivity index (χ3n) is 1.74. The first-order valence-electron chi connectivity index (χ1n) is 3.84. The van der Waals surface area contributed by atoms with E-state index in [1.54, 1.807) is 0 Å². The Labute approximate surface area is 82.2 Å². The minimum atomic E-state index is 0.172. The van der Waals surface area contributed by atoms with Crippen LogP contribution in [0.15, 0.2) is 23.0 Å². The number of thioether (sulfide) groups is 1. The van der Waals surface area contributed by atoms with Crippen molar-refractivity contribution in [3.63, 3.8) is 0 Å². The molecule has 1 rings (SSSR count). The van der Waals surface area contributed by atoms with Gasteiger partial charge in [0.25, 0.3) is 5.70 Å². The Morgan fingerprint density at radius 2 is 2.62 bits per heavy atom. The van der Waals surface area contributed by atoms with Crippen LogP contribution in [0, 0.1) is 17.9 Å². The van der Waals surface area contributed by atoms with Crippen LogP contribution in [-0.2, 0) is 0 Å². The minimum Gasteiger partial charge on any atom is -0.348 e. The van der Waals surface area contributed by atoms with Gasteiger partial charge in [0.15, 0.2) is 0 Å². The molecule has 66 valence electrons. The van der Waals surface area contributed by atoms with Gasteiger partial charge >= 0.3 is 0 Å². The van der Waals surface area contributed by atoms with E-state index in [-0.39, 0.29) is 5.70 Å². The van der Waals surface area contributed by atoms with E-state index < -0.39 is 0 Å². The maximum Gasteiger partial charge on any atom is 0.291 e. The van der Waals surface area contributed by atoms with Crippen LogP contribution in [0.25, 0.3) is 4.85 Å².